The van der Waals surface area contributed by atoms with Gasteiger partial charge in [0, 0.05) is 0 Å². The van der Waals surface area contributed by atoms with Gasteiger partial charge in [0.1, 0.15) is 5.41 Å². The van der Waals surface area contributed by atoms with E-state index in [2.05, 4.69) is 13.8 Å². The Hall–Kier alpha value is -1.12. The smallest absolute Gasteiger partial charge is 0.320 e. The molecule has 3 heteroatoms. The highest BCUT2D eigenvalue weighted by atomic mass is 16.5. The van der Waals surface area contributed by atoms with Gasteiger partial charge in [-0.1, -0.05) is 26.8 Å². The standard InChI is InChI=1S/C14H20O3/c1-9-5-6-11(15)14(12(16)17-4)10(2)7-8-13(9,14)3/h5-6,9-10H,7-8H2,1-4H3/t9-,10-,13+,14-/m1/s1. The highest BCUT2D eigenvalue weighted by molar-refractivity contribution is 6.11. The SMILES string of the molecule is COC(=O)[C@@]12C(=O)C=C[C@@H](C)[C@]1(C)CC[C@H]2C. The molecule has 0 aliphatic heterocycles. The second-order valence-corrected chi connectivity index (χ2v) is 5.67. The molecule has 17 heavy (non-hydrogen) atoms. The first-order valence-corrected chi connectivity index (χ1v) is 6.22. The average molecular weight is 236 g/mol. The third kappa shape index (κ3) is 1.23. The molecule has 2 aliphatic carbocycles. The first kappa shape index (κ1) is 12.3. The summed E-state index contributed by atoms with van der Waals surface area (Å²) in [6.07, 6.45) is 5.32. The van der Waals surface area contributed by atoms with Crippen LogP contribution in [0.5, 0.6) is 0 Å². The molecule has 2 rings (SSSR count). The normalized spacial score (nSPS) is 44.6. The first-order valence-electron chi connectivity index (χ1n) is 6.22. The van der Waals surface area contributed by atoms with Crippen molar-refractivity contribution in [3.8, 4) is 0 Å². The van der Waals surface area contributed by atoms with Crippen LogP contribution in [0.15, 0.2) is 12.2 Å². The predicted molar refractivity (Wildman–Crippen MR) is 64.3 cm³/mol. The Morgan fingerprint density at radius 1 is 1.47 bits per heavy atom. The lowest BCUT2D eigenvalue weighted by Gasteiger charge is -2.47. The van der Waals surface area contributed by atoms with E-state index in [1.54, 1.807) is 6.08 Å². The summed E-state index contributed by atoms with van der Waals surface area (Å²) in [4.78, 5) is 24.6. The number of methoxy groups -OCH3 is 1. The van der Waals surface area contributed by atoms with Crippen LogP contribution in [-0.2, 0) is 14.3 Å². The van der Waals surface area contributed by atoms with Crippen LogP contribution < -0.4 is 0 Å². The molecule has 2 aliphatic rings. The minimum Gasteiger partial charge on any atom is -0.468 e. The van der Waals surface area contributed by atoms with Crippen LogP contribution in [0.1, 0.15) is 33.6 Å². The highest BCUT2D eigenvalue weighted by Gasteiger charge is 2.67. The third-order valence-corrected chi connectivity index (χ3v) is 5.17. The van der Waals surface area contributed by atoms with E-state index in [1.165, 1.54) is 7.11 Å². The molecule has 0 amide bonds. The van der Waals surface area contributed by atoms with E-state index in [1.807, 2.05) is 13.0 Å². The van der Waals surface area contributed by atoms with Gasteiger partial charge < -0.3 is 4.74 Å². The molecule has 0 radical (unpaired) electrons. The van der Waals surface area contributed by atoms with E-state index in [0.717, 1.165) is 12.8 Å². The van der Waals surface area contributed by atoms with Gasteiger partial charge in [-0.05, 0) is 36.2 Å². The molecule has 0 aromatic rings. The summed E-state index contributed by atoms with van der Waals surface area (Å²) in [5, 5.41) is 0. The Bertz CT molecular complexity index is 398. The second-order valence-electron chi connectivity index (χ2n) is 5.67. The largest absolute Gasteiger partial charge is 0.468 e. The number of carbonyl (C=O) groups excluding carboxylic acids is 2. The van der Waals surface area contributed by atoms with Gasteiger partial charge in [-0.25, -0.2) is 0 Å². The number of hydrogen-bond acceptors (Lipinski definition) is 3. The van der Waals surface area contributed by atoms with Crippen LogP contribution in [-0.4, -0.2) is 18.9 Å². The summed E-state index contributed by atoms with van der Waals surface area (Å²) in [5.74, 6) is -0.148. The Kier molecular flexibility index (Phi) is 2.68. The average Bonchev–Trinajstić information content (AvgIpc) is 2.59. The number of ketones is 1. The highest BCUT2D eigenvalue weighted by Crippen LogP contribution is 2.62. The van der Waals surface area contributed by atoms with Gasteiger partial charge in [0.15, 0.2) is 5.78 Å². The molecule has 0 bridgehead atoms. The summed E-state index contributed by atoms with van der Waals surface area (Å²) >= 11 is 0. The van der Waals surface area contributed by atoms with Crippen molar-refractivity contribution in [3.63, 3.8) is 0 Å². The molecule has 1 saturated carbocycles. The van der Waals surface area contributed by atoms with Crippen LogP contribution in [0.3, 0.4) is 0 Å². The quantitative estimate of drug-likeness (QED) is 0.518. The molecule has 0 aromatic carbocycles. The summed E-state index contributed by atoms with van der Waals surface area (Å²) in [5.41, 5.74) is -1.26. The van der Waals surface area contributed by atoms with Crippen molar-refractivity contribution in [2.24, 2.45) is 22.7 Å². The summed E-state index contributed by atoms with van der Waals surface area (Å²) < 4.78 is 4.96. The van der Waals surface area contributed by atoms with Crippen molar-refractivity contribution in [2.45, 2.75) is 33.6 Å². The van der Waals surface area contributed by atoms with Crippen LogP contribution >= 0.6 is 0 Å². The summed E-state index contributed by atoms with van der Waals surface area (Å²) in [6.45, 7) is 6.13. The van der Waals surface area contributed by atoms with Gasteiger partial charge in [0.25, 0.3) is 0 Å². The number of allylic oxidation sites excluding steroid dienone is 2. The van der Waals surface area contributed by atoms with Crippen molar-refractivity contribution >= 4 is 11.8 Å². The van der Waals surface area contributed by atoms with E-state index < -0.39 is 5.41 Å². The minimum atomic E-state index is -0.962. The van der Waals surface area contributed by atoms with Gasteiger partial charge in [-0.3, -0.25) is 9.59 Å². The van der Waals surface area contributed by atoms with Crippen LogP contribution in [0, 0.1) is 22.7 Å². The lowest BCUT2D eigenvalue weighted by Crippen LogP contribution is -2.55. The lowest BCUT2D eigenvalue weighted by molar-refractivity contribution is -0.169. The van der Waals surface area contributed by atoms with E-state index in [9.17, 15) is 9.59 Å². The summed E-state index contributed by atoms with van der Waals surface area (Å²) in [7, 11) is 1.37. The number of hydrogen-bond donors (Lipinski definition) is 0. The first-order chi connectivity index (χ1) is 7.91. The van der Waals surface area contributed by atoms with Crippen LogP contribution in [0.4, 0.5) is 0 Å². The van der Waals surface area contributed by atoms with Gasteiger partial charge in [-0.15, -0.1) is 0 Å². The molecule has 0 heterocycles. The monoisotopic (exact) mass is 236 g/mol. The topological polar surface area (TPSA) is 43.4 Å². The maximum absolute atomic E-state index is 12.4. The van der Waals surface area contributed by atoms with Gasteiger partial charge in [0.05, 0.1) is 7.11 Å². The molecular formula is C14H20O3. The molecule has 3 nitrogen and oxygen atoms in total. The number of esters is 1. The molecular weight excluding hydrogens is 216 g/mol. The van der Waals surface area contributed by atoms with Crippen LogP contribution in [0.2, 0.25) is 0 Å². The van der Waals surface area contributed by atoms with Gasteiger partial charge in [0.2, 0.25) is 0 Å². The molecule has 0 unspecified atom stereocenters. The molecule has 0 saturated heterocycles. The Balaban J connectivity index is 2.65. The molecule has 4 atom stereocenters. The zero-order valence-corrected chi connectivity index (χ0v) is 10.9. The Morgan fingerprint density at radius 3 is 2.71 bits per heavy atom. The molecule has 94 valence electrons. The Labute approximate surface area is 102 Å². The maximum Gasteiger partial charge on any atom is 0.320 e. The van der Waals surface area contributed by atoms with Crippen molar-refractivity contribution in [1.82, 2.24) is 0 Å². The Morgan fingerprint density at radius 2 is 2.12 bits per heavy atom. The molecule has 1 fully saturated rings. The molecule has 0 N–H and O–H groups in total. The predicted octanol–water partition coefficient (Wildman–Crippen LogP) is 2.36. The zero-order chi connectivity index (χ0) is 12.8. The van der Waals surface area contributed by atoms with E-state index >= 15 is 0 Å². The van der Waals surface area contributed by atoms with E-state index in [0.29, 0.717) is 0 Å². The van der Waals surface area contributed by atoms with Crippen molar-refractivity contribution in [3.05, 3.63) is 12.2 Å². The van der Waals surface area contributed by atoms with Crippen molar-refractivity contribution < 1.29 is 14.3 Å². The fourth-order valence-corrected chi connectivity index (χ4v) is 3.88. The van der Waals surface area contributed by atoms with E-state index in [4.69, 9.17) is 4.74 Å². The van der Waals surface area contributed by atoms with Crippen LogP contribution in [0.25, 0.3) is 0 Å². The van der Waals surface area contributed by atoms with Gasteiger partial charge in [-0.2, -0.15) is 0 Å². The van der Waals surface area contributed by atoms with Crippen molar-refractivity contribution in [2.75, 3.05) is 7.11 Å². The molecule has 0 spiro atoms. The maximum atomic E-state index is 12.4. The number of fused-ring (bicyclic) bond motifs is 1. The third-order valence-electron chi connectivity index (χ3n) is 5.17. The fourth-order valence-electron chi connectivity index (χ4n) is 3.88. The fraction of sp³-hybridized carbons (Fsp3) is 0.714. The molecule has 0 aromatic heterocycles. The van der Waals surface area contributed by atoms with Gasteiger partial charge >= 0.3 is 5.97 Å². The second kappa shape index (κ2) is 3.69. The minimum absolute atomic E-state index is 0.0554. The number of carbonyl (C=O) groups is 2. The van der Waals surface area contributed by atoms with Crippen molar-refractivity contribution in [1.29, 1.82) is 0 Å². The summed E-state index contributed by atoms with van der Waals surface area (Å²) in [6, 6.07) is 0. The number of rotatable bonds is 1. The van der Waals surface area contributed by atoms with E-state index in [-0.39, 0.29) is 29.0 Å². The lowest BCUT2D eigenvalue weighted by atomic mass is 9.54. The number of ether oxygens (including phenoxy) is 1. The zero-order valence-electron chi connectivity index (χ0n) is 10.9.